The van der Waals surface area contributed by atoms with Gasteiger partial charge in [0, 0.05) is 25.7 Å². The van der Waals surface area contributed by atoms with Crippen LogP contribution in [0.5, 0.6) is 0 Å². The Bertz CT molecular complexity index is 160. The summed E-state index contributed by atoms with van der Waals surface area (Å²) in [5.41, 5.74) is 0. The number of piperazine rings is 1. The minimum Gasteiger partial charge on any atom is -0.342 e. The summed E-state index contributed by atoms with van der Waals surface area (Å²) in [6.07, 6.45) is 3.58. The molecule has 0 aliphatic carbocycles. The number of carbonyl (C=O) groups is 1. The van der Waals surface area contributed by atoms with Crippen molar-refractivity contribution in [1.82, 2.24) is 9.80 Å². The van der Waals surface area contributed by atoms with E-state index < -0.39 is 0 Å². The standard InChI is InChI=1S/C8H14N2O/c11-7-9-4-5-10-3-1-2-8(10)6-9/h7-8H,1-6H2/t8-/m0/s1. The van der Waals surface area contributed by atoms with E-state index in [1.807, 2.05) is 4.90 Å². The van der Waals surface area contributed by atoms with Gasteiger partial charge in [0.05, 0.1) is 0 Å². The van der Waals surface area contributed by atoms with Gasteiger partial charge in [0.1, 0.15) is 0 Å². The monoisotopic (exact) mass is 154 g/mol. The number of rotatable bonds is 1. The maximum atomic E-state index is 10.5. The molecule has 62 valence electrons. The number of amides is 1. The first kappa shape index (κ1) is 7.10. The molecule has 2 heterocycles. The third-order valence-corrected chi connectivity index (χ3v) is 2.77. The Hall–Kier alpha value is -0.570. The van der Waals surface area contributed by atoms with Crippen LogP contribution in [0.3, 0.4) is 0 Å². The van der Waals surface area contributed by atoms with Crippen molar-refractivity contribution >= 4 is 6.41 Å². The lowest BCUT2D eigenvalue weighted by Crippen LogP contribution is -2.49. The van der Waals surface area contributed by atoms with Crippen LogP contribution < -0.4 is 0 Å². The van der Waals surface area contributed by atoms with E-state index in [9.17, 15) is 4.79 Å². The molecule has 0 bridgehead atoms. The van der Waals surface area contributed by atoms with Gasteiger partial charge in [-0.15, -0.1) is 0 Å². The molecule has 2 saturated heterocycles. The van der Waals surface area contributed by atoms with Gasteiger partial charge in [-0.25, -0.2) is 0 Å². The summed E-state index contributed by atoms with van der Waals surface area (Å²) in [4.78, 5) is 14.9. The predicted molar refractivity (Wildman–Crippen MR) is 42.2 cm³/mol. The highest BCUT2D eigenvalue weighted by molar-refractivity contribution is 5.47. The van der Waals surface area contributed by atoms with E-state index >= 15 is 0 Å². The average molecular weight is 154 g/mol. The second-order valence-electron chi connectivity index (χ2n) is 3.43. The van der Waals surface area contributed by atoms with Crippen molar-refractivity contribution in [3.63, 3.8) is 0 Å². The Morgan fingerprint density at radius 1 is 1.27 bits per heavy atom. The molecule has 0 aromatic rings. The molecule has 0 radical (unpaired) electrons. The number of fused-ring (bicyclic) bond motifs is 1. The lowest BCUT2D eigenvalue weighted by atomic mass is 10.2. The maximum absolute atomic E-state index is 10.5. The van der Waals surface area contributed by atoms with E-state index in [-0.39, 0.29) is 0 Å². The molecule has 3 nitrogen and oxygen atoms in total. The maximum Gasteiger partial charge on any atom is 0.209 e. The second-order valence-corrected chi connectivity index (χ2v) is 3.43. The van der Waals surface area contributed by atoms with Gasteiger partial charge in [0.15, 0.2) is 0 Å². The van der Waals surface area contributed by atoms with Crippen molar-refractivity contribution in [3.8, 4) is 0 Å². The van der Waals surface area contributed by atoms with Crippen molar-refractivity contribution in [1.29, 1.82) is 0 Å². The van der Waals surface area contributed by atoms with Crippen molar-refractivity contribution in [2.45, 2.75) is 18.9 Å². The molecule has 0 spiro atoms. The van der Waals surface area contributed by atoms with Crippen molar-refractivity contribution in [3.05, 3.63) is 0 Å². The fraction of sp³-hybridized carbons (Fsp3) is 0.875. The minimum atomic E-state index is 0.675. The normalized spacial score (nSPS) is 32.0. The van der Waals surface area contributed by atoms with E-state index in [1.165, 1.54) is 19.4 Å². The molecule has 0 N–H and O–H groups in total. The Balaban J connectivity index is 1.96. The molecule has 2 aliphatic heterocycles. The van der Waals surface area contributed by atoms with Crippen LogP contribution in [0.15, 0.2) is 0 Å². The number of hydrogen-bond donors (Lipinski definition) is 0. The highest BCUT2D eigenvalue weighted by Gasteiger charge is 2.29. The zero-order valence-electron chi connectivity index (χ0n) is 6.70. The first-order chi connectivity index (χ1) is 5.40. The average Bonchev–Trinajstić information content (AvgIpc) is 2.50. The molecule has 2 rings (SSSR count). The lowest BCUT2D eigenvalue weighted by Gasteiger charge is -2.35. The summed E-state index contributed by atoms with van der Waals surface area (Å²) in [5, 5.41) is 0. The van der Waals surface area contributed by atoms with Crippen LogP contribution in [0, 0.1) is 0 Å². The van der Waals surface area contributed by atoms with Crippen LogP contribution in [0.1, 0.15) is 12.8 Å². The Morgan fingerprint density at radius 2 is 2.18 bits per heavy atom. The van der Waals surface area contributed by atoms with Gasteiger partial charge in [0.25, 0.3) is 0 Å². The summed E-state index contributed by atoms with van der Waals surface area (Å²) in [6, 6.07) is 0.675. The molecule has 0 aromatic carbocycles. The summed E-state index contributed by atoms with van der Waals surface area (Å²) in [6.45, 7) is 4.23. The first-order valence-electron chi connectivity index (χ1n) is 4.33. The fourth-order valence-corrected chi connectivity index (χ4v) is 2.11. The van der Waals surface area contributed by atoms with Gasteiger partial charge in [-0.3, -0.25) is 9.69 Å². The van der Waals surface area contributed by atoms with Crippen molar-refractivity contribution in [2.75, 3.05) is 26.2 Å². The summed E-state index contributed by atoms with van der Waals surface area (Å²) >= 11 is 0. The molecule has 3 heteroatoms. The molecule has 2 fully saturated rings. The highest BCUT2D eigenvalue weighted by Crippen LogP contribution is 2.20. The van der Waals surface area contributed by atoms with Crippen LogP contribution in [0.4, 0.5) is 0 Å². The first-order valence-corrected chi connectivity index (χ1v) is 4.33. The molecule has 0 aromatic heterocycles. The fourth-order valence-electron chi connectivity index (χ4n) is 2.11. The smallest absolute Gasteiger partial charge is 0.209 e. The second kappa shape index (κ2) is 2.81. The van der Waals surface area contributed by atoms with Gasteiger partial charge in [-0.2, -0.15) is 0 Å². The largest absolute Gasteiger partial charge is 0.342 e. The minimum absolute atomic E-state index is 0.675. The third kappa shape index (κ3) is 1.25. The van der Waals surface area contributed by atoms with Crippen molar-refractivity contribution < 1.29 is 4.79 Å². The lowest BCUT2D eigenvalue weighted by molar-refractivity contribution is -0.120. The van der Waals surface area contributed by atoms with E-state index in [1.54, 1.807) is 0 Å². The van der Waals surface area contributed by atoms with E-state index in [4.69, 9.17) is 0 Å². The molecule has 0 saturated carbocycles. The van der Waals surface area contributed by atoms with E-state index in [2.05, 4.69) is 4.90 Å². The molecular formula is C8H14N2O. The number of carbonyl (C=O) groups excluding carboxylic acids is 1. The van der Waals surface area contributed by atoms with Crippen LogP contribution >= 0.6 is 0 Å². The summed E-state index contributed by atoms with van der Waals surface area (Å²) < 4.78 is 0. The number of nitrogens with zero attached hydrogens (tertiary/aromatic N) is 2. The predicted octanol–water partition coefficient (Wildman–Crippen LogP) is -0.0772. The Kier molecular flexibility index (Phi) is 1.82. The van der Waals surface area contributed by atoms with Gasteiger partial charge >= 0.3 is 0 Å². The molecule has 1 atom stereocenters. The molecule has 11 heavy (non-hydrogen) atoms. The van der Waals surface area contributed by atoms with Crippen LogP contribution in [0.25, 0.3) is 0 Å². The summed E-state index contributed by atoms with van der Waals surface area (Å²) in [7, 11) is 0. The van der Waals surface area contributed by atoms with Crippen LogP contribution in [0.2, 0.25) is 0 Å². The topological polar surface area (TPSA) is 23.6 Å². The van der Waals surface area contributed by atoms with E-state index in [0.717, 1.165) is 26.0 Å². The molecular weight excluding hydrogens is 140 g/mol. The SMILES string of the molecule is O=CN1CCN2CCC[C@H]2C1. The number of hydrogen-bond acceptors (Lipinski definition) is 2. The molecule has 1 amide bonds. The summed E-state index contributed by atoms with van der Waals surface area (Å²) in [5.74, 6) is 0. The van der Waals surface area contributed by atoms with Gasteiger partial charge in [-0.1, -0.05) is 0 Å². The van der Waals surface area contributed by atoms with Crippen LogP contribution in [-0.2, 0) is 4.79 Å². The zero-order valence-corrected chi connectivity index (χ0v) is 6.70. The highest BCUT2D eigenvalue weighted by atomic mass is 16.1. The third-order valence-electron chi connectivity index (χ3n) is 2.77. The van der Waals surface area contributed by atoms with Gasteiger partial charge in [-0.05, 0) is 19.4 Å². The van der Waals surface area contributed by atoms with Crippen LogP contribution in [-0.4, -0.2) is 48.4 Å². The zero-order chi connectivity index (χ0) is 7.68. The van der Waals surface area contributed by atoms with E-state index in [0.29, 0.717) is 6.04 Å². The Labute approximate surface area is 67.0 Å². The Morgan fingerprint density at radius 3 is 3.00 bits per heavy atom. The molecule has 0 unspecified atom stereocenters. The van der Waals surface area contributed by atoms with Gasteiger partial charge in [0.2, 0.25) is 6.41 Å². The van der Waals surface area contributed by atoms with Gasteiger partial charge < -0.3 is 4.90 Å². The van der Waals surface area contributed by atoms with Crippen molar-refractivity contribution in [2.24, 2.45) is 0 Å². The quantitative estimate of drug-likeness (QED) is 0.493. The molecule has 2 aliphatic rings.